The molecule has 32 heavy (non-hydrogen) atoms. The number of hydrogen-bond donors (Lipinski definition) is 0. The molecule has 1 aliphatic carbocycles. The summed E-state index contributed by atoms with van der Waals surface area (Å²) >= 11 is 6.45. The summed E-state index contributed by atoms with van der Waals surface area (Å²) in [6.45, 7) is 6.66. The Labute approximate surface area is 193 Å². The summed E-state index contributed by atoms with van der Waals surface area (Å²) in [4.78, 5) is 18.5. The van der Waals surface area contributed by atoms with Gasteiger partial charge in [-0.25, -0.2) is 0 Å². The minimum absolute atomic E-state index is 0.105. The van der Waals surface area contributed by atoms with Crippen molar-refractivity contribution in [2.75, 3.05) is 11.6 Å². The molecule has 2 atom stereocenters. The largest absolute Gasteiger partial charge is 0.391 e. The van der Waals surface area contributed by atoms with Crippen LogP contribution in [0.5, 0.6) is 0 Å². The van der Waals surface area contributed by atoms with Gasteiger partial charge in [0.2, 0.25) is 0 Å². The molecule has 1 heterocycles. The van der Waals surface area contributed by atoms with E-state index in [1.165, 1.54) is 16.1 Å². The SMILES string of the molecule is C/C(=N/OCc1c(Cl)cccc1N1N=NCCC(C)C1=O)c1ccc2c(c1)CC(C)C=C2. The van der Waals surface area contributed by atoms with E-state index in [0.29, 0.717) is 35.2 Å². The van der Waals surface area contributed by atoms with Crippen molar-refractivity contribution in [1.82, 2.24) is 0 Å². The number of fused-ring (bicyclic) bond motifs is 1. The maximum atomic E-state index is 12.8. The Morgan fingerprint density at radius 1 is 1.28 bits per heavy atom. The van der Waals surface area contributed by atoms with E-state index in [9.17, 15) is 4.79 Å². The topological polar surface area (TPSA) is 66.6 Å². The quantitative estimate of drug-likeness (QED) is 0.400. The predicted octanol–water partition coefficient (Wildman–Crippen LogP) is 6.23. The summed E-state index contributed by atoms with van der Waals surface area (Å²) in [6, 6.07) is 11.7. The van der Waals surface area contributed by atoms with Gasteiger partial charge < -0.3 is 4.84 Å². The fourth-order valence-corrected chi connectivity index (χ4v) is 4.11. The first kappa shape index (κ1) is 22.2. The van der Waals surface area contributed by atoms with Gasteiger partial charge in [-0.1, -0.05) is 66.2 Å². The molecule has 0 spiro atoms. The van der Waals surface area contributed by atoms with Gasteiger partial charge in [-0.05, 0) is 60.6 Å². The number of amides is 1. The lowest BCUT2D eigenvalue weighted by Crippen LogP contribution is -2.30. The highest BCUT2D eigenvalue weighted by Gasteiger charge is 2.27. The molecule has 1 amide bonds. The molecule has 0 saturated carbocycles. The van der Waals surface area contributed by atoms with Crippen LogP contribution in [0.3, 0.4) is 0 Å². The molecular formula is C25H27ClN4O2. The Kier molecular flexibility index (Phi) is 6.70. The predicted molar refractivity (Wildman–Crippen MR) is 128 cm³/mol. The third-order valence-electron chi connectivity index (χ3n) is 5.88. The zero-order chi connectivity index (χ0) is 22.7. The lowest BCUT2D eigenvalue weighted by molar-refractivity contribution is -0.121. The van der Waals surface area contributed by atoms with E-state index < -0.39 is 0 Å². The van der Waals surface area contributed by atoms with E-state index in [0.717, 1.165) is 17.7 Å². The maximum Gasteiger partial charge on any atom is 0.251 e. The van der Waals surface area contributed by atoms with E-state index >= 15 is 0 Å². The number of carbonyl (C=O) groups excluding carboxylic acids is 1. The van der Waals surface area contributed by atoms with Crippen LogP contribution in [-0.4, -0.2) is 18.2 Å². The normalized spacial score (nSPS) is 20.8. The van der Waals surface area contributed by atoms with Crippen molar-refractivity contribution in [1.29, 1.82) is 0 Å². The molecule has 2 aromatic carbocycles. The van der Waals surface area contributed by atoms with Gasteiger partial charge in [0.1, 0.15) is 6.61 Å². The number of allylic oxidation sites excluding steroid dienone is 1. The number of halogens is 1. The Hall–Kier alpha value is -2.99. The van der Waals surface area contributed by atoms with Crippen molar-refractivity contribution >= 4 is 35.0 Å². The molecule has 166 valence electrons. The van der Waals surface area contributed by atoms with Crippen LogP contribution in [0.4, 0.5) is 5.69 Å². The minimum atomic E-state index is -0.167. The Balaban J connectivity index is 1.53. The molecule has 4 rings (SSSR count). The highest BCUT2D eigenvalue weighted by molar-refractivity contribution is 6.31. The summed E-state index contributed by atoms with van der Waals surface area (Å²) in [5, 5.41) is 14.4. The molecule has 0 aromatic heterocycles. The third kappa shape index (κ3) is 4.75. The maximum absolute atomic E-state index is 12.8. The molecule has 0 radical (unpaired) electrons. The van der Waals surface area contributed by atoms with Crippen LogP contribution in [0.2, 0.25) is 5.02 Å². The molecule has 0 bridgehead atoms. The third-order valence-corrected chi connectivity index (χ3v) is 6.24. The monoisotopic (exact) mass is 450 g/mol. The van der Waals surface area contributed by atoms with Crippen molar-refractivity contribution in [3.63, 3.8) is 0 Å². The molecule has 0 fully saturated rings. The van der Waals surface area contributed by atoms with Crippen LogP contribution in [-0.2, 0) is 22.7 Å². The average Bonchev–Trinajstić information content (AvgIpc) is 2.95. The lowest BCUT2D eigenvalue weighted by atomic mass is 9.89. The van der Waals surface area contributed by atoms with E-state index in [4.69, 9.17) is 16.4 Å². The van der Waals surface area contributed by atoms with E-state index in [-0.39, 0.29) is 18.4 Å². The van der Waals surface area contributed by atoms with Gasteiger partial charge >= 0.3 is 0 Å². The van der Waals surface area contributed by atoms with Crippen LogP contribution in [0.1, 0.15) is 49.4 Å². The van der Waals surface area contributed by atoms with Crippen molar-refractivity contribution in [2.45, 2.75) is 40.2 Å². The summed E-state index contributed by atoms with van der Waals surface area (Å²) in [7, 11) is 0. The van der Waals surface area contributed by atoms with Crippen LogP contribution < -0.4 is 5.01 Å². The average molecular weight is 451 g/mol. The second kappa shape index (κ2) is 9.65. The van der Waals surface area contributed by atoms with Gasteiger partial charge in [0, 0.05) is 16.5 Å². The van der Waals surface area contributed by atoms with Crippen LogP contribution in [0, 0.1) is 11.8 Å². The highest BCUT2D eigenvalue weighted by Crippen LogP contribution is 2.31. The Bertz CT molecular complexity index is 1110. The fraction of sp³-hybridized carbons (Fsp3) is 0.360. The van der Waals surface area contributed by atoms with Gasteiger partial charge in [-0.2, -0.15) is 10.1 Å². The smallest absolute Gasteiger partial charge is 0.251 e. The van der Waals surface area contributed by atoms with Gasteiger partial charge in [0.25, 0.3) is 5.91 Å². The number of hydrogen-bond acceptors (Lipinski definition) is 5. The second-order valence-corrected chi connectivity index (χ2v) is 8.84. The lowest BCUT2D eigenvalue weighted by Gasteiger charge is -2.20. The molecular weight excluding hydrogens is 424 g/mol. The molecule has 1 aliphatic heterocycles. The van der Waals surface area contributed by atoms with Crippen LogP contribution >= 0.6 is 11.6 Å². The Morgan fingerprint density at radius 2 is 2.12 bits per heavy atom. The number of carbonyl (C=O) groups is 1. The standard InChI is InChI=1S/C25H27ClN4O2/c1-16-7-8-19-9-10-20(14-21(19)13-16)18(3)28-32-15-22-23(26)5-4-6-24(22)30-25(31)17(2)11-12-27-29-30/h4-10,14,16-17H,11-13,15H2,1-3H3/b28-18-. The van der Waals surface area contributed by atoms with Crippen LogP contribution in [0.15, 0.2) is 58.0 Å². The molecule has 0 N–H and O–H groups in total. The second-order valence-electron chi connectivity index (χ2n) is 8.44. The molecule has 2 aromatic rings. The molecule has 2 unspecified atom stereocenters. The summed E-state index contributed by atoms with van der Waals surface area (Å²) in [5.74, 6) is 0.262. The van der Waals surface area contributed by atoms with Crippen molar-refractivity contribution in [3.05, 3.63) is 69.8 Å². The number of nitrogens with zero attached hydrogens (tertiary/aromatic N) is 4. The molecule has 6 nitrogen and oxygen atoms in total. The van der Waals surface area contributed by atoms with Crippen molar-refractivity contribution in [3.8, 4) is 0 Å². The zero-order valence-corrected chi connectivity index (χ0v) is 19.3. The van der Waals surface area contributed by atoms with Crippen LogP contribution in [0.25, 0.3) is 6.08 Å². The van der Waals surface area contributed by atoms with Gasteiger partial charge in [0.15, 0.2) is 0 Å². The number of anilines is 1. The van der Waals surface area contributed by atoms with Crippen molar-refractivity contribution in [2.24, 2.45) is 27.3 Å². The molecule has 0 saturated heterocycles. The summed E-state index contributed by atoms with van der Waals surface area (Å²) in [6.07, 6.45) is 6.11. The highest BCUT2D eigenvalue weighted by atomic mass is 35.5. The number of rotatable bonds is 5. The van der Waals surface area contributed by atoms with Gasteiger partial charge in [0.05, 0.1) is 17.9 Å². The molecule has 7 heteroatoms. The first-order valence-electron chi connectivity index (χ1n) is 10.9. The van der Waals surface area contributed by atoms with E-state index in [1.54, 1.807) is 18.2 Å². The van der Waals surface area contributed by atoms with Gasteiger partial charge in [-0.3, -0.25) is 4.79 Å². The first-order chi connectivity index (χ1) is 15.4. The zero-order valence-electron chi connectivity index (χ0n) is 18.6. The van der Waals surface area contributed by atoms with Gasteiger partial charge in [-0.15, -0.1) is 0 Å². The summed E-state index contributed by atoms with van der Waals surface area (Å²) in [5.41, 5.74) is 5.60. The van der Waals surface area contributed by atoms with Crippen molar-refractivity contribution < 1.29 is 9.63 Å². The Morgan fingerprint density at radius 3 is 2.97 bits per heavy atom. The number of benzene rings is 2. The fourth-order valence-electron chi connectivity index (χ4n) is 3.89. The van der Waals surface area contributed by atoms with E-state index in [2.05, 4.69) is 52.8 Å². The first-order valence-corrected chi connectivity index (χ1v) is 11.3. The summed E-state index contributed by atoms with van der Waals surface area (Å²) < 4.78 is 0. The molecule has 2 aliphatic rings. The van der Waals surface area contributed by atoms with E-state index in [1.807, 2.05) is 13.8 Å². The minimum Gasteiger partial charge on any atom is -0.391 e. The number of oxime groups is 1.